The van der Waals surface area contributed by atoms with Crippen molar-refractivity contribution < 1.29 is 17.0 Å². The zero-order valence-corrected chi connectivity index (χ0v) is 18.6. The molecule has 0 saturated heterocycles. The van der Waals surface area contributed by atoms with Crippen LogP contribution in [0.15, 0.2) is 60.7 Å². The van der Waals surface area contributed by atoms with Crippen molar-refractivity contribution in [2.75, 3.05) is 19.5 Å². The fourth-order valence-electron chi connectivity index (χ4n) is 3.32. The van der Waals surface area contributed by atoms with E-state index in [4.69, 9.17) is 8.61 Å². The molecule has 2 aromatic rings. The SMILES string of the molecule is CC(CO[Si](c1ccccc1)(c1ccccc1)C(C)(C)C)COS(C)(=O)=O. The molecule has 0 N–H and O–H groups in total. The Morgan fingerprint density at radius 2 is 1.33 bits per heavy atom. The van der Waals surface area contributed by atoms with Crippen molar-refractivity contribution in [3.63, 3.8) is 0 Å². The number of rotatable bonds is 8. The highest BCUT2D eigenvalue weighted by molar-refractivity contribution is 7.85. The number of hydrogen-bond donors (Lipinski definition) is 0. The normalized spacial score (nSPS) is 14.1. The van der Waals surface area contributed by atoms with Crippen LogP contribution >= 0.6 is 0 Å². The van der Waals surface area contributed by atoms with Gasteiger partial charge in [0.2, 0.25) is 0 Å². The highest BCUT2D eigenvalue weighted by atomic mass is 32.2. The van der Waals surface area contributed by atoms with Crippen LogP contribution in [0.4, 0.5) is 0 Å². The third-order valence-electron chi connectivity index (χ3n) is 4.57. The molecule has 0 amide bonds. The lowest BCUT2D eigenvalue weighted by Crippen LogP contribution is -2.66. The van der Waals surface area contributed by atoms with Gasteiger partial charge in [0.25, 0.3) is 18.4 Å². The summed E-state index contributed by atoms with van der Waals surface area (Å²) in [6.07, 6.45) is 1.07. The molecule has 0 aromatic heterocycles. The van der Waals surface area contributed by atoms with Gasteiger partial charge in [-0.1, -0.05) is 88.4 Å². The van der Waals surface area contributed by atoms with Gasteiger partial charge in [-0.25, -0.2) is 0 Å². The monoisotopic (exact) mass is 406 g/mol. The lowest BCUT2D eigenvalue weighted by atomic mass is 10.2. The Morgan fingerprint density at radius 1 is 0.889 bits per heavy atom. The first-order valence-corrected chi connectivity index (χ1v) is 12.9. The van der Waals surface area contributed by atoms with Gasteiger partial charge >= 0.3 is 0 Å². The minimum atomic E-state index is -3.45. The van der Waals surface area contributed by atoms with Crippen molar-refractivity contribution in [2.24, 2.45) is 5.92 Å². The minimum Gasteiger partial charge on any atom is -0.407 e. The Hall–Kier alpha value is -1.47. The van der Waals surface area contributed by atoms with Gasteiger partial charge in [-0.2, -0.15) is 8.42 Å². The molecule has 0 bridgehead atoms. The van der Waals surface area contributed by atoms with Crippen LogP contribution < -0.4 is 10.4 Å². The van der Waals surface area contributed by atoms with Crippen molar-refractivity contribution in [3.8, 4) is 0 Å². The van der Waals surface area contributed by atoms with Crippen molar-refractivity contribution >= 4 is 28.8 Å². The molecular weight excluding hydrogens is 376 g/mol. The first-order valence-electron chi connectivity index (χ1n) is 9.15. The zero-order chi connectivity index (χ0) is 20.1. The van der Waals surface area contributed by atoms with Crippen LogP contribution in [0, 0.1) is 5.92 Å². The van der Waals surface area contributed by atoms with E-state index in [2.05, 4.69) is 45.0 Å². The topological polar surface area (TPSA) is 52.6 Å². The molecule has 6 heteroatoms. The smallest absolute Gasteiger partial charge is 0.264 e. The second kappa shape index (κ2) is 8.69. The van der Waals surface area contributed by atoms with E-state index in [0.29, 0.717) is 6.61 Å². The van der Waals surface area contributed by atoms with Crippen LogP contribution in [0.25, 0.3) is 0 Å². The molecule has 2 aromatic carbocycles. The quantitative estimate of drug-likeness (QED) is 0.499. The summed E-state index contributed by atoms with van der Waals surface area (Å²) in [5, 5.41) is 2.31. The van der Waals surface area contributed by atoms with Crippen molar-refractivity contribution in [3.05, 3.63) is 60.7 Å². The summed E-state index contributed by atoms with van der Waals surface area (Å²) in [6.45, 7) is 9.16. The van der Waals surface area contributed by atoms with Crippen LogP contribution in [0.1, 0.15) is 27.7 Å². The van der Waals surface area contributed by atoms with Crippen LogP contribution in [0.2, 0.25) is 5.04 Å². The Labute approximate surface area is 164 Å². The predicted octanol–water partition coefficient (Wildman–Crippen LogP) is 3.18. The largest absolute Gasteiger partial charge is 0.407 e. The van der Waals surface area contributed by atoms with Gasteiger partial charge in [0.05, 0.1) is 12.9 Å². The van der Waals surface area contributed by atoms with E-state index in [1.807, 2.05) is 43.3 Å². The van der Waals surface area contributed by atoms with E-state index < -0.39 is 18.4 Å². The Bertz CT molecular complexity index is 775. The predicted molar refractivity (Wildman–Crippen MR) is 114 cm³/mol. The summed E-state index contributed by atoms with van der Waals surface area (Å²) in [7, 11) is -6.04. The van der Waals surface area contributed by atoms with E-state index in [-0.39, 0.29) is 17.6 Å². The molecule has 0 aliphatic heterocycles. The standard InChI is InChI=1S/C21H30O4SSi/c1-18(16-24-26(5,22)23)17-25-27(21(2,3)4,19-12-8-6-9-13-19)20-14-10-7-11-15-20/h6-15,18H,16-17H2,1-5H3. The van der Waals surface area contributed by atoms with Crippen molar-refractivity contribution in [2.45, 2.75) is 32.7 Å². The Balaban J connectivity index is 2.41. The molecule has 0 fully saturated rings. The molecule has 0 spiro atoms. The van der Waals surface area contributed by atoms with E-state index in [1.165, 1.54) is 10.4 Å². The molecule has 2 rings (SSSR count). The van der Waals surface area contributed by atoms with Crippen LogP contribution in [0.5, 0.6) is 0 Å². The average molecular weight is 407 g/mol. The lowest BCUT2D eigenvalue weighted by molar-refractivity contribution is 0.185. The van der Waals surface area contributed by atoms with Crippen molar-refractivity contribution in [1.29, 1.82) is 0 Å². The Morgan fingerprint density at radius 3 is 1.70 bits per heavy atom. The number of benzene rings is 2. The third kappa shape index (κ3) is 5.51. The first-order chi connectivity index (χ1) is 12.6. The molecule has 0 radical (unpaired) electrons. The Kier molecular flexibility index (Phi) is 7.02. The second-order valence-corrected chi connectivity index (χ2v) is 14.0. The molecule has 4 nitrogen and oxygen atoms in total. The maximum atomic E-state index is 11.3. The highest BCUT2D eigenvalue weighted by Gasteiger charge is 2.50. The molecule has 1 unspecified atom stereocenters. The van der Waals surface area contributed by atoms with Gasteiger partial charge in [0.1, 0.15) is 0 Å². The van der Waals surface area contributed by atoms with E-state index >= 15 is 0 Å². The molecule has 0 saturated carbocycles. The molecule has 27 heavy (non-hydrogen) atoms. The summed E-state index contributed by atoms with van der Waals surface area (Å²) in [5.74, 6) is -0.0404. The average Bonchev–Trinajstić information content (AvgIpc) is 2.60. The van der Waals surface area contributed by atoms with E-state index in [9.17, 15) is 8.42 Å². The second-order valence-electron chi connectivity index (χ2n) is 8.07. The van der Waals surface area contributed by atoms with Crippen LogP contribution in [-0.2, 0) is 18.7 Å². The molecule has 0 aliphatic carbocycles. The van der Waals surface area contributed by atoms with E-state index in [0.717, 1.165) is 6.26 Å². The summed E-state index contributed by atoms with van der Waals surface area (Å²) >= 11 is 0. The fourth-order valence-corrected chi connectivity index (χ4v) is 8.49. The summed E-state index contributed by atoms with van der Waals surface area (Å²) in [6, 6.07) is 20.8. The first kappa shape index (κ1) is 21.8. The fraction of sp³-hybridized carbons (Fsp3) is 0.429. The van der Waals surface area contributed by atoms with Crippen molar-refractivity contribution in [1.82, 2.24) is 0 Å². The lowest BCUT2D eigenvalue weighted by Gasteiger charge is -2.43. The summed E-state index contributed by atoms with van der Waals surface area (Å²) in [5.41, 5.74) is 0. The van der Waals surface area contributed by atoms with Gasteiger partial charge in [-0.3, -0.25) is 4.18 Å². The van der Waals surface area contributed by atoms with Gasteiger partial charge in [-0.15, -0.1) is 0 Å². The van der Waals surface area contributed by atoms with Gasteiger partial charge in [-0.05, 0) is 15.4 Å². The maximum Gasteiger partial charge on any atom is 0.264 e. The third-order valence-corrected chi connectivity index (χ3v) is 10.1. The van der Waals surface area contributed by atoms with Crippen LogP contribution in [0.3, 0.4) is 0 Å². The molecule has 0 heterocycles. The zero-order valence-electron chi connectivity index (χ0n) is 16.8. The minimum absolute atomic E-state index is 0.0404. The number of hydrogen-bond acceptors (Lipinski definition) is 4. The van der Waals surface area contributed by atoms with E-state index in [1.54, 1.807) is 0 Å². The highest BCUT2D eigenvalue weighted by Crippen LogP contribution is 2.37. The molecule has 0 aliphatic rings. The van der Waals surface area contributed by atoms with Crippen LogP contribution in [-0.4, -0.2) is 36.2 Å². The van der Waals surface area contributed by atoms with Gasteiger partial charge in [0.15, 0.2) is 0 Å². The summed E-state index contributed by atoms with van der Waals surface area (Å²) < 4.78 is 34.3. The van der Waals surface area contributed by atoms with Gasteiger partial charge in [0, 0.05) is 12.5 Å². The maximum absolute atomic E-state index is 11.3. The van der Waals surface area contributed by atoms with Gasteiger partial charge < -0.3 is 4.43 Å². The molecular formula is C21H30O4SSi. The molecule has 148 valence electrons. The molecule has 1 atom stereocenters. The summed E-state index contributed by atoms with van der Waals surface area (Å²) in [4.78, 5) is 0.